The maximum atomic E-state index is 5.56. The molecule has 2 fully saturated rings. The van der Waals surface area contributed by atoms with E-state index in [2.05, 4.69) is 0 Å². The van der Waals surface area contributed by atoms with Crippen molar-refractivity contribution in [2.24, 2.45) is 0 Å². The molecule has 0 aromatic carbocycles. The van der Waals surface area contributed by atoms with Crippen LogP contribution in [0.3, 0.4) is 0 Å². The van der Waals surface area contributed by atoms with Gasteiger partial charge >= 0.3 is 7.69 Å². The molecule has 15 heavy (non-hydrogen) atoms. The molecular weight excluding hydrogens is 191 g/mol. The quantitative estimate of drug-likeness (QED) is 0.651. The van der Waals surface area contributed by atoms with E-state index in [1.54, 1.807) is 0 Å². The number of piperidine rings is 2. The lowest BCUT2D eigenvalue weighted by molar-refractivity contribution is -0.138. The van der Waals surface area contributed by atoms with Gasteiger partial charge in [0.1, 0.15) is 0 Å². The second-order valence-corrected chi connectivity index (χ2v) is 4.36. The summed E-state index contributed by atoms with van der Waals surface area (Å²) in [6, 6.07) is 0. The first kappa shape index (κ1) is 11.4. The lowest BCUT2D eigenvalue weighted by Gasteiger charge is -2.29. The minimum absolute atomic E-state index is 0.389. The average Bonchev–Trinajstić information content (AvgIpc) is 2.32. The van der Waals surface area contributed by atoms with Gasteiger partial charge in [0.05, 0.1) is 0 Å². The zero-order valence-corrected chi connectivity index (χ0v) is 9.49. The molecule has 0 aliphatic carbocycles. The fourth-order valence-corrected chi connectivity index (χ4v) is 2.16. The Balaban J connectivity index is 1.53. The van der Waals surface area contributed by atoms with E-state index in [9.17, 15) is 0 Å². The number of rotatable bonds is 4. The minimum atomic E-state index is 0.389. The molecule has 2 saturated heterocycles. The highest BCUT2D eigenvalue weighted by atomic mass is 16.8. The van der Waals surface area contributed by atoms with Gasteiger partial charge in [0.15, 0.2) is 0 Å². The Morgan fingerprint density at radius 2 is 1.00 bits per heavy atom. The van der Waals surface area contributed by atoms with Crippen LogP contribution in [0, 0.1) is 0 Å². The first-order valence-corrected chi connectivity index (χ1v) is 6.21. The van der Waals surface area contributed by atoms with Crippen molar-refractivity contribution >= 4 is 7.69 Å². The van der Waals surface area contributed by atoms with Crippen molar-refractivity contribution in [1.82, 2.24) is 10.1 Å². The van der Waals surface area contributed by atoms with Crippen LogP contribution in [-0.2, 0) is 9.51 Å². The van der Waals surface area contributed by atoms with Gasteiger partial charge in [0.2, 0.25) is 0 Å². The summed E-state index contributed by atoms with van der Waals surface area (Å²) < 4.78 is 11.1. The highest BCUT2D eigenvalue weighted by Gasteiger charge is 2.14. The summed E-state index contributed by atoms with van der Waals surface area (Å²) >= 11 is 0. The summed E-state index contributed by atoms with van der Waals surface area (Å²) in [6.07, 6.45) is 7.69. The number of hydrogen-bond donors (Lipinski definition) is 0. The largest absolute Gasteiger partial charge is 0.474 e. The van der Waals surface area contributed by atoms with Gasteiger partial charge in [-0.15, -0.1) is 0 Å². The molecule has 0 atom stereocenters. The van der Waals surface area contributed by atoms with Gasteiger partial charge in [-0.25, -0.2) is 10.1 Å². The van der Waals surface area contributed by atoms with Crippen LogP contribution in [0.25, 0.3) is 0 Å². The van der Waals surface area contributed by atoms with Crippen LogP contribution in [0.2, 0.25) is 0 Å². The van der Waals surface area contributed by atoms with Crippen molar-refractivity contribution in [1.29, 1.82) is 0 Å². The molecular formula is C10H21BN2O2. The fraction of sp³-hybridized carbons (Fsp3) is 1.00. The second-order valence-electron chi connectivity index (χ2n) is 4.36. The molecule has 0 unspecified atom stereocenters. The van der Waals surface area contributed by atoms with E-state index in [1.165, 1.54) is 38.5 Å². The van der Waals surface area contributed by atoms with E-state index in [-0.39, 0.29) is 0 Å². The second kappa shape index (κ2) is 6.48. The Hall–Kier alpha value is -0.0951. The fourth-order valence-electron chi connectivity index (χ4n) is 2.16. The SMILES string of the molecule is B(ON1CCCCC1)ON1CCCCC1. The van der Waals surface area contributed by atoms with Gasteiger partial charge in [0.25, 0.3) is 0 Å². The van der Waals surface area contributed by atoms with Crippen molar-refractivity contribution in [3.8, 4) is 0 Å². The molecule has 2 aliphatic rings. The molecule has 0 aromatic heterocycles. The monoisotopic (exact) mass is 212 g/mol. The van der Waals surface area contributed by atoms with Crippen LogP contribution in [0.1, 0.15) is 38.5 Å². The maximum absolute atomic E-state index is 5.56. The Morgan fingerprint density at radius 3 is 1.40 bits per heavy atom. The summed E-state index contributed by atoms with van der Waals surface area (Å²) in [5.74, 6) is 0. The summed E-state index contributed by atoms with van der Waals surface area (Å²) in [5.41, 5.74) is 0. The van der Waals surface area contributed by atoms with Crippen molar-refractivity contribution < 1.29 is 9.51 Å². The zero-order valence-electron chi connectivity index (χ0n) is 9.49. The predicted octanol–water partition coefficient (Wildman–Crippen LogP) is 1.09. The molecule has 4 nitrogen and oxygen atoms in total. The van der Waals surface area contributed by atoms with Crippen molar-refractivity contribution in [3.05, 3.63) is 0 Å². The van der Waals surface area contributed by atoms with Gasteiger partial charge in [-0.2, -0.15) is 0 Å². The molecule has 86 valence electrons. The first-order valence-electron chi connectivity index (χ1n) is 6.21. The molecule has 0 saturated carbocycles. The van der Waals surface area contributed by atoms with Crippen LogP contribution in [0.5, 0.6) is 0 Å². The van der Waals surface area contributed by atoms with Crippen LogP contribution in [-0.4, -0.2) is 44.0 Å². The lowest BCUT2D eigenvalue weighted by Crippen LogP contribution is -2.36. The van der Waals surface area contributed by atoms with Crippen LogP contribution in [0.15, 0.2) is 0 Å². The molecule has 2 rings (SSSR count). The smallest absolute Gasteiger partial charge is 0.326 e. The highest BCUT2D eigenvalue weighted by Crippen LogP contribution is 2.10. The minimum Gasteiger partial charge on any atom is -0.326 e. The molecule has 0 N–H and O–H groups in total. The molecule has 0 bridgehead atoms. The summed E-state index contributed by atoms with van der Waals surface area (Å²) in [5, 5.41) is 4.07. The Kier molecular flexibility index (Phi) is 4.92. The Labute approximate surface area is 92.7 Å². The topological polar surface area (TPSA) is 24.9 Å². The predicted molar refractivity (Wildman–Crippen MR) is 60.2 cm³/mol. The Morgan fingerprint density at radius 1 is 0.600 bits per heavy atom. The van der Waals surface area contributed by atoms with Gasteiger partial charge in [-0.05, 0) is 25.7 Å². The van der Waals surface area contributed by atoms with Crippen molar-refractivity contribution in [2.75, 3.05) is 26.2 Å². The van der Waals surface area contributed by atoms with E-state index in [4.69, 9.17) is 9.51 Å². The van der Waals surface area contributed by atoms with E-state index < -0.39 is 0 Å². The third kappa shape index (κ3) is 4.11. The van der Waals surface area contributed by atoms with E-state index in [0.29, 0.717) is 7.69 Å². The van der Waals surface area contributed by atoms with Crippen LogP contribution >= 0.6 is 0 Å². The molecule has 2 aliphatic heterocycles. The summed E-state index contributed by atoms with van der Waals surface area (Å²) in [6.45, 7) is 4.24. The van der Waals surface area contributed by atoms with E-state index in [0.717, 1.165) is 26.2 Å². The normalized spacial score (nSPS) is 25.3. The van der Waals surface area contributed by atoms with Gasteiger partial charge < -0.3 is 9.51 Å². The van der Waals surface area contributed by atoms with Crippen molar-refractivity contribution in [2.45, 2.75) is 38.5 Å². The number of nitrogens with zero attached hydrogens (tertiary/aromatic N) is 2. The standard InChI is InChI=1S/C10H21BN2O2/c1-3-7-12(8-4-1)14-11-15-13-9-5-2-6-10-13/h11H,1-10H2. The molecule has 0 spiro atoms. The van der Waals surface area contributed by atoms with Crippen LogP contribution in [0.4, 0.5) is 0 Å². The maximum Gasteiger partial charge on any atom is 0.474 e. The third-order valence-corrected chi connectivity index (χ3v) is 3.10. The third-order valence-electron chi connectivity index (χ3n) is 3.10. The highest BCUT2D eigenvalue weighted by molar-refractivity contribution is 6.17. The van der Waals surface area contributed by atoms with Gasteiger partial charge in [-0.1, -0.05) is 12.8 Å². The van der Waals surface area contributed by atoms with E-state index >= 15 is 0 Å². The molecule has 2 heterocycles. The first-order chi connectivity index (χ1) is 7.45. The number of hydrogen-bond acceptors (Lipinski definition) is 4. The van der Waals surface area contributed by atoms with Crippen LogP contribution < -0.4 is 0 Å². The van der Waals surface area contributed by atoms with Crippen molar-refractivity contribution in [3.63, 3.8) is 0 Å². The van der Waals surface area contributed by atoms with Gasteiger partial charge in [-0.3, -0.25) is 0 Å². The average molecular weight is 212 g/mol. The molecule has 0 radical (unpaired) electrons. The van der Waals surface area contributed by atoms with E-state index in [1.807, 2.05) is 10.1 Å². The number of hydroxylamine groups is 4. The van der Waals surface area contributed by atoms with Gasteiger partial charge in [0, 0.05) is 26.2 Å². The summed E-state index contributed by atoms with van der Waals surface area (Å²) in [4.78, 5) is 0. The lowest BCUT2D eigenvalue weighted by atomic mass is 10.2. The molecule has 0 amide bonds. The zero-order chi connectivity index (χ0) is 10.3. The Bertz CT molecular complexity index is 153. The summed E-state index contributed by atoms with van der Waals surface area (Å²) in [7, 11) is 0.389. The molecule has 5 heteroatoms. The molecule has 0 aromatic rings.